The van der Waals surface area contributed by atoms with Crippen LogP contribution < -0.4 is 5.32 Å². The van der Waals surface area contributed by atoms with Crippen molar-refractivity contribution in [2.45, 2.75) is 16.7 Å². The number of aromatic nitrogens is 1. The Labute approximate surface area is 207 Å². The Morgan fingerprint density at radius 3 is 2.13 bits per heavy atom. The molecule has 1 N–H and O–H groups in total. The van der Waals surface area contributed by atoms with E-state index in [0.717, 1.165) is 0 Å². The summed E-state index contributed by atoms with van der Waals surface area (Å²) in [7, 11) is 0. The van der Waals surface area contributed by atoms with E-state index in [1.54, 1.807) is 75.6 Å². The van der Waals surface area contributed by atoms with Crippen LogP contribution in [-0.4, -0.2) is 21.9 Å². The number of halogens is 9. The van der Waals surface area contributed by atoms with E-state index in [2.05, 4.69) is 10.3 Å². The number of rotatable bonds is 4. The summed E-state index contributed by atoms with van der Waals surface area (Å²) < 4.78 is 81.6. The quantitative estimate of drug-likeness (QED) is 0.173. The Hall–Kier alpha value is -1.16. The summed E-state index contributed by atoms with van der Waals surface area (Å²) in [6.07, 6.45) is -4.30. The van der Waals surface area contributed by atoms with Gasteiger partial charge in [0, 0.05) is 29.9 Å². The maximum Gasteiger partial charge on any atom is 0.433 e. The van der Waals surface area contributed by atoms with Crippen molar-refractivity contribution in [1.29, 1.82) is 0 Å². The summed E-state index contributed by atoms with van der Waals surface area (Å²) in [6.45, 7) is 0. The predicted octanol–water partition coefficient (Wildman–Crippen LogP) is 7.41. The largest absolute Gasteiger partial charge is 0.433 e. The molecule has 3 nitrogen and oxygen atoms in total. The number of fused-ring (bicyclic) bond motifs is 1. The number of hydrogen-bond donors (Lipinski definition) is 1. The van der Waals surface area contributed by atoms with Crippen molar-refractivity contribution in [2.75, 3.05) is 5.32 Å². The molecule has 3 rings (SSSR count). The van der Waals surface area contributed by atoms with Crippen molar-refractivity contribution in [3.05, 3.63) is 66.9 Å². The minimum Gasteiger partial charge on any atom is -0.320 e. The van der Waals surface area contributed by atoms with Gasteiger partial charge in [-0.3, -0.25) is 9.78 Å². The van der Waals surface area contributed by atoms with E-state index in [9.17, 15) is 31.1 Å². The average molecular weight is 729 g/mol. The Bertz CT molecular complexity index is 1130. The van der Waals surface area contributed by atoms with Crippen LogP contribution in [0.3, 0.4) is 0 Å². The van der Waals surface area contributed by atoms with Crippen molar-refractivity contribution in [1.82, 2.24) is 4.98 Å². The van der Waals surface area contributed by atoms with E-state index in [1.807, 2.05) is 0 Å². The van der Waals surface area contributed by atoms with Crippen LogP contribution in [0, 0.1) is 7.14 Å². The third kappa shape index (κ3) is 4.65. The lowest BCUT2D eigenvalue weighted by molar-refractivity contribution is -0.282. The molecule has 0 bridgehead atoms. The molecule has 3 aromatic rings. The molecule has 0 saturated heterocycles. The van der Waals surface area contributed by atoms with Crippen molar-refractivity contribution >= 4 is 83.6 Å². The summed E-state index contributed by atoms with van der Waals surface area (Å²) in [5.41, 5.74) is -5.27. The molecule has 0 radical (unpaired) electrons. The highest BCUT2D eigenvalue weighted by atomic mass is 127. The summed E-state index contributed by atoms with van der Waals surface area (Å²) in [5, 5.41) is 3.23. The number of carbonyl (C=O) groups excluding carboxylic acids is 1. The van der Waals surface area contributed by atoms with Crippen molar-refractivity contribution in [3.8, 4) is 0 Å². The maximum absolute atomic E-state index is 14.7. The van der Waals surface area contributed by atoms with Crippen LogP contribution in [0.5, 0.6) is 0 Å². The second-order valence-corrected chi connectivity index (χ2v) is 9.65. The molecular formula is C19H9BrF6I2N2O. The van der Waals surface area contributed by atoms with Gasteiger partial charge >= 0.3 is 16.7 Å². The van der Waals surface area contributed by atoms with Crippen LogP contribution in [0.4, 0.5) is 32.0 Å². The zero-order valence-electron chi connectivity index (χ0n) is 14.9. The van der Waals surface area contributed by atoms with E-state index in [-0.39, 0.29) is 18.4 Å². The lowest BCUT2D eigenvalue weighted by Crippen LogP contribution is -2.49. The van der Waals surface area contributed by atoms with Crippen LogP contribution in [0.2, 0.25) is 0 Å². The third-order valence-corrected chi connectivity index (χ3v) is 6.57. The molecule has 1 heterocycles. The standard InChI is InChI=1S/C19H9BrF6I2N2O/c20-18(22,23)17(21,19(24,25)26)11-7-12(27)15(13(28)8-11)30-16(31)10-3-4-14-9(6-10)2-1-5-29-14/h1-8H,(H,30,31). The normalized spacial score (nSPS) is 14.4. The second-order valence-electron chi connectivity index (χ2n) is 6.33. The highest BCUT2D eigenvalue weighted by Crippen LogP contribution is 2.55. The van der Waals surface area contributed by atoms with Gasteiger partial charge in [-0.2, -0.15) is 22.0 Å². The van der Waals surface area contributed by atoms with Gasteiger partial charge in [0.25, 0.3) is 5.91 Å². The molecule has 0 aliphatic heterocycles. The van der Waals surface area contributed by atoms with Gasteiger partial charge in [-0.05, 0) is 97.5 Å². The monoisotopic (exact) mass is 728 g/mol. The molecule has 164 valence electrons. The SMILES string of the molecule is O=C(Nc1c(I)cc(C(F)(C(F)(F)F)C(F)(F)Br)cc1I)c1ccc2ncccc2c1. The zero-order valence-corrected chi connectivity index (χ0v) is 20.8. The van der Waals surface area contributed by atoms with Gasteiger partial charge in [-0.1, -0.05) is 6.07 Å². The number of nitrogens with zero attached hydrogens (tertiary/aromatic N) is 1. The molecule has 0 fully saturated rings. The molecule has 12 heteroatoms. The molecule has 1 aromatic heterocycles. The van der Waals surface area contributed by atoms with E-state index in [4.69, 9.17) is 0 Å². The second kappa shape index (κ2) is 8.65. The highest BCUT2D eigenvalue weighted by Gasteiger charge is 2.71. The fourth-order valence-corrected chi connectivity index (χ4v) is 5.27. The Balaban J connectivity index is 1.99. The van der Waals surface area contributed by atoms with Crippen LogP contribution in [0.25, 0.3) is 10.9 Å². The number of hydrogen-bond acceptors (Lipinski definition) is 2. The van der Waals surface area contributed by atoms with E-state index in [1.165, 1.54) is 22.0 Å². The smallest absolute Gasteiger partial charge is 0.320 e. The van der Waals surface area contributed by atoms with Gasteiger partial charge in [-0.25, -0.2) is 4.39 Å². The highest BCUT2D eigenvalue weighted by molar-refractivity contribution is 14.1. The number of anilines is 1. The van der Waals surface area contributed by atoms with Gasteiger partial charge in [0.15, 0.2) is 0 Å². The Morgan fingerprint density at radius 2 is 1.58 bits per heavy atom. The molecule has 1 amide bonds. The number of alkyl halides is 7. The first kappa shape index (κ1) is 24.5. The van der Waals surface area contributed by atoms with Crippen LogP contribution in [0.15, 0.2) is 48.7 Å². The summed E-state index contributed by atoms with van der Waals surface area (Å²) in [4.78, 5) is 11.9. The summed E-state index contributed by atoms with van der Waals surface area (Å²) >= 11 is 4.63. The van der Waals surface area contributed by atoms with Gasteiger partial charge < -0.3 is 5.32 Å². The van der Waals surface area contributed by atoms with Crippen molar-refractivity contribution in [3.63, 3.8) is 0 Å². The van der Waals surface area contributed by atoms with E-state index < -0.39 is 28.1 Å². The zero-order chi connectivity index (χ0) is 23.2. The first-order chi connectivity index (χ1) is 14.3. The number of benzene rings is 2. The van der Waals surface area contributed by atoms with Gasteiger partial charge in [0.1, 0.15) is 0 Å². The minimum atomic E-state index is -5.89. The van der Waals surface area contributed by atoms with Gasteiger partial charge in [0.05, 0.1) is 11.2 Å². The summed E-state index contributed by atoms with van der Waals surface area (Å²) in [6, 6.07) is 9.42. The minimum absolute atomic E-state index is 0.0432. The fraction of sp³-hybridized carbons (Fsp3) is 0.158. The molecule has 0 saturated carbocycles. The number of pyridine rings is 1. The Morgan fingerprint density at radius 1 is 0.968 bits per heavy atom. The lowest BCUT2D eigenvalue weighted by Gasteiger charge is -2.32. The van der Waals surface area contributed by atoms with Gasteiger partial charge in [0.2, 0.25) is 0 Å². The molecule has 2 aromatic carbocycles. The average Bonchev–Trinajstić information content (AvgIpc) is 2.67. The van der Waals surface area contributed by atoms with Gasteiger partial charge in [-0.15, -0.1) is 0 Å². The molecular weight excluding hydrogens is 720 g/mol. The van der Waals surface area contributed by atoms with Crippen LogP contribution >= 0.6 is 61.1 Å². The topological polar surface area (TPSA) is 42.0 Å². The maximum atomic E-state index is 14.7. The molecule has 1 unspecified atom stereocenters. The van der Waals surface area contributed by atoms with Crippen LogP contribution in [-0.2, 0) is 5.67 Å². The summed E-state index contributed by atoms with van der Waals surface area (Å²) in [5.74, 6) is -0.581. The van der Waals surface area contributed by atoms with Crippen molar-refractivity contribution in [2.24, 2.45) is 0 Å². The molecule has 0 spiro atoms. The van der Waals surface area contributed by atoms with E-state index >= 15 is 0 Å². The fourth-order valence-electron chi connectivity index (χ4n) is 2.78. The molecule has 31 heavy (non-hydrogen) atoms. The molecule has 0 aliphatic carbocycles. The Kier molecular flexibility index (Phi) is 6.83. The molecule has 0 aliphatic rings. The lowest BCUT2D eigenvalue weighted by atomic mass is 9.95. The van der Waals surface area contributed by atoms with E-state index in [0.29, 0.717) is 23.0 Å². The number of amides is 1. The number of nitrogens with one attached hydrogen (secondary N) is 1. The van der Waals surface area contributed by atoms with Crippen molar-refractivity contribution < 1.29 is 31.1 Å². The number of carbonyl (C=O) groups is 1. The van der Waals surface area contributed by atoms with Crippen LogP contribution in [0.1, 0.15) is 15.9 Å². The first-order valence-corrected chi connectivity index (χ1v) is 11.2. The third-order valence-electron chi connectivity index (χ3n) is 4.32. The predicted molar refractivity (Wildman–Crippen MR) is 124 cm³/mol. The molecule has 1 atom stereocenters. The first-order valence-electron chi connectivity index (χ1n) is 8.23.